The topological polar surface area (TPSA) is 32.3 Å². The molecule has 2 rings (SSSR count). The van der Waals surface area contributed by atoms with Gasteiger partial charge in [0.25, 0.3) is 0 Å². The summed E-state index contributed by atoms with van der Waals surface area (Å²) in [5.41, 5.74) is -0.334. The fourth-order valence-electron chi connectivity index (χ4n) is 2.04. The second kappa shape index (κ2) is 4.49. The van der Waals surface area contributed by atoms with Crippen molar-refractivity contribution in [3.05, 3.63) is 27.7 Å². The van der Waals surface area contributed by atoms with Crippen molar-refractivity contribution in [3.63, 3.8) is 0 Å². The zero-order valence-electron chi connectivity index (χ0n) is 8.81. The Bertz CT molecular complexity index is 404. The molecule has 6 heteroatoms. The summed E-state index contributed by atoms with van der Waals surface area (Å²) in [4.78, 5) is 0. The summed E-state index contributed by atoms with van der Waals surface area (Å²) in [6, 6.07) is 1.71. The van der Waals surface area contributed by atoms with Gasteiger partial charge in [-0.3, -0.25) is 0 Å². The van der Waals surface area contributed by atoms with Crippen LogP contribution < -0.4 is 5.32 Å². The third-order valence-electron chi connectivity index (χ3n) is 2.84. The molecule has 0 bridgehead atoms. The molecule has 1 saturated heterocycles. The third-order valence-corrected chi connectivity index (χ3v) is 3.50. The zero-order chi connectivity index (χ0) is 12.6. The molecular formula is C11H11BrF3NO. The highest BCUT2D eigenvalue weighted by Gasteiger charge is 2.33. The van der Waals surface area contributed by atoms with Crippen molar-refractivity contribution in [3.8, 4) is 5.75 Å². The lowest BCUT2D eigenvalue weighted by Crippen LogP contribution is -2.14. The predicted molar refractivity (Wildman–Crippen MR) is 60.8 cm³/mol. The Hall–Kier alpha value is -0.750. The van der Waals surface area contributed by atoms with E-state index in [9.17, 15) is 18.3 Å². The maximum Gasteiger partial charge on any atom is 0.416 e. The molecular weight excluding hydrogens is 299 g/mol. The molecule has 1 unspecified atom stereocenters. The maximum absolute atomic E-state index is 12.5. The predicted octanol–water partition coefficient (Wildman–Crippen LogP) is 3.60. The highest BCUT2D eigenvalue weighted by molar-refractivity contribution is 9.10. The summed E-state index contributed by atoms with van der Waals surface area (Å²) in [5.74, 6) is -0.314. The summed E-state index contributed by atoms with van der Waals surface area (Å²) < 4.78 is 37.8. The van der Waals surface area contributed by atoms with Gasteiger partial charge in [0.1, 0.15) is 5.75 Å². The van der Waals surface area contributed by atoms with E-state index in [1.165, 1.54) is 0 Å². The van der Waals surface area contributed by atoms with Crippen LogP contribution in [0.3, 0.4) is 0 Å². The summed E-state index contributed by atoms with van der Waals surface area (Å²) in [7, 11) is 0. The summed E-state index contributed by atoms with van der Waals surface area (Å²) in [6.07, 6.45) is -2.67. The lowest BCUT2D eigenvalue weighted by atomic mass is 10.0. The van der Waals surface area contributed by atoms with Crippen LogP contribution in [0.15, 0.2) is 16.6 Å². The number of hydrogen-bond acceptors (Lipinski definition) is 2. The van der Waals surface area contributed by atoms with Gasteiger partial charge in [0, 0.05) is 16.1 Å². The Morgan fingerprint density at radius 2 is 2.06 bits per heavy atom. The van der Waals surface area contributed by atoms with Gasteiger partial charge in [0.15, 0.2) is 0 Å². The minimum Gasteiger partial charge on any atom is -0.508 e. The molecule has 2 N–H and O–H groups in total. The van der Waals surface area contributed by atoms with E-state index in [0.29, 0.717) is 10.0 Å². The molecule has 1 atom stereocenters. The van der Waals surface area contributed by atoms with Crippen LogP contribution in [0.4, 0.5) is 13.2 Å². The molecule has 2 nitrogen and oxygen atoms in total. The summed E-state index contributed by atoms with van der Waals surface area (Å²) >= 11 is 3.10. The van der Waals surface area contributed by atoms with Gasteiger partial charge in [-0.05, 0) is 31.5 Å². The number of phenolic OH excluding ortho intramolecular Hbond substituents is 1. The zero-order valence-corrected chi connectivity index (χ0v) is 10.4. The smallest absolute Gasteiger partial charge is 0.416 e. The fourth-order valence-corrected chi connectivity index (χ4v) is 2.77. The number of rotatable bonds is 1. The Morgan fingerprint density at radius 3 is 2.53 bits per heavy atom. The molecule has 1 aliphatic rings. The van der Waals surface area contributed by atoms with Crippen LogP contribution >= 0.6 is 15.9 Å². The van der Waals surface area contributed by atoms with Gasteiger partial charge < -0.3 is 10.4 Å². The molecule has 94 valence electrons. The molecule has 0 amide bonds. The number of halogens is 4. The molecule has 0 saturated carbocycles. The van der Waals surface area contributed by atoms with Crippen molar-refractivity contribution < 1.29 is 18.3 Å². The SMILES string of the molecule is Oc1cc(C(F)(F)F)cc(Br)c1C1CCCN1. The van der Waals surface area contributed by atoms with Crippen LogP contribution in [0.1, 0.15) is 30.0 Å². The number of aromatic hydroxyl groups is 1. The van der Waals surface area contributed by atoms with Crippen LogP contribution in [0, 0.1) is 0 Å². The van der Waals surface area contributed by atoms with Gasteiger partial charge in [-0.2, -0.15) is 13.2 Å². The first-order valence-electron chi connectivity index (χ1n) is 5.22. The van der Waals surface area contributed by atoms with Crippen molar-refractivity contribution in [2.75, 3.05) is 6.54 Å². The Balaban J connectivity index is 2.42. The summed E-state index contributed by atoms with van der Waals surface area (Å²) in [6.45, 7) is 0.817. The maximum atomic E-state index is 12.5. The monoisotopic (exact) mass is 309 g/mol. The van der Waals surface area contributed by atoms with E-state index >= 15 is 0 Å². The second-order valence-corrected chi connectivity index (χ2v) is 4.89. The molecule has 0 aliphatic carbocycles. The van der Waals surface area contributed by atoms with Gasteiger partial charge in [0.05, 0.1) is 5.56 Å². The Kier molecular flexibility index (Phi) is 3.36. The van der Waals surface area contributed by atoms with Crippen LogP contribution in [-0.2, 0) is 6.18 Å². The molecule has 1 fully saturated rings. The highest BCUT2D eigenvalue weighted by Crippen LogP contribution is 2.41. The summed E-state index contributed by atoms with van der Waals surface area (Å²) in [5, 5.41) is 12.9. The largest absolute Gasteiger partial charge is 0.508 e. The lowest BCUT2D eigenvalue weighted by molar-refractivity contribution is -0.137. The number of nitrogens with one attached hydrogen (secondary N) is 1. The first-order valence-corrected chi connectivity index (χ1v) is 6.02. The van der Waals surface area contributed by atoms with Crippen molar-refractivity contribution in [1.82, 2.24) is 5.32 Å². The van der Waals surface area contributed by atoms with Gasteiger partial charge in [-0.15, -0.1) is 0 Å². The van der Waals surface area contributed by atoms with Crippen molar-refractivity contribution >= 4 is 15.9 Å². The van der Waals surface area contributed by atoms with E-state index in [0.717, 1.165) is 31.5 Å². The first-order chi connectivity index (χ1) is 7.89. The molecule has 1 aromatic carbocycles. The fraction of sp³-hybridized carbons (Fsp3) is 0.455. The van der Waals surface area contributed by atoms with Crippen LogP contribution in [0.5, 0.6) is 5.75 Å². The van der Waals surface area contributed by atoms with Crippen molar-refractivity contribution in [2.24, 2.45) is 0 Å². The molecule has 0 aromatic heterocycles. The number of benzene rings is 1. The van der Waals surface area contributed by atoms with Crippen LogP contribution in [0.2, 0.25) is 0 Å². The van der Waals surface area contributed by atoms with Gasteiger partial charge >= 0.3 is 6.18 Å². The lowest BCUT2D eigenvalue weighted by Gasteiger charge is -2.17. The van der Waals surface area contributed by atoms with Crippen molar-refractivity contribution in [1.29, 1.82) is 0 Å². The molecule has 1 aliphatic heterocycles. The van der Waals surface area contributed by atoms with Gasteiger partial charge in [0.2, 0.25) is 0 Å². The Labute approximate surface area is 105 Å². The van der Waals surface area contributed by atoms with E-state index < -0.39 is 11.7 Å². The number of hydrogen-bond donors (Lipinski definition) is 2. The third kappa shape index (κ3) is 2.57. The van der Waals surface area contributed by atoms with Crippen LogP contribution in [-0.4, -0.2) is 11.7 Å². The second-order valence-electron chi connectivity index (χ2n) is 4.04. The first kappa shape index (κ1) is 12.7. The van der Waals surface area contributed by atoms with E-state index in [4.69, 9.17) is 0 Å². The average molecular weight is 310 g/mol. The standard InChI is InChI=1S/C11H11BrF3NO/c12-7-4-6(11(13,14)15)5-9(17)10(7)8-2-1-3-16-8/h4-5,8,16-17H,1-3H2. The quantitative estimate of drug-likeness (QED) is 0.831. The highest BCUT2D eigenvalue weighted by atomic mass is 79.9. The van der Waals surface area contributed by atoms with E-state index in [-0.39, 0.29) is 11.8 Å². The molecule has 1 heterocycles. The van der Waals surface area contributed by atoms with Gasteiger partial charge in [-0.25, -0.2) is 0 Å². The molecule has 1 aromatic rings. The van der Waals surface area contributed by atoms with Gasteiger partial charge in [-0.1, -0.05) is 15.9 Å². The number of alkyl halides is 3. The average Bonchev–Trinajstić information content (AvgIpc) is 2.68. The minimum atomic E-state index is -4.44. The number of phenols is 1. The van der Waals surface area contributed by atoms with E-state index in [1.807, 2.05) is 0 Å². The van der Waals surface area contributed by atoms with Crippen molar-refractivity contribution in [2.45, 2.75) is 25.1 Å². The molecule has 0 spiro atoms. The van der Waals surface area contributed by atoms with E-state index in [2.05, 4.69) is 21.2 Å². The Morgan fingerprint density at radius 1 is 1.35 bits per heavy atom. The molecule has 17 heavy (non-hydrogen) atoms. The normalized spacial score (nSPS) is 20.8. The molecule has 0 radical (unpaired) electrons. The minimum absolute atomic E-state index is 0.0772. The van der Waals surface area contributed by atoms with Crippen LogP contribution in [0.25, 0.3) is 0 Å². The van der Waals surface area contributed by atoms with E-state index in [1.54, 1.807) is 0 Å².